The van der Waals surface area contributed by atoms with Crippen LogP contribution in [0.15, 0.2) is 36.9 Å². The summed E-state index contributed by atoms with van der Waals surface area (Å²) in [7, 11) is 1.81. The molecule has 0 saturated carbocycles. The van der Waals surface area contributed by atoms with Crippen molar-refractivity contribution in [3.05, 3.63) is 42.7 Å². The second-order valence-electron chi connectivity index (χ2n) is 8.42. The van der Waals surface area contributed by atoms with Crippen molar-refractivity contribution in [2.45, 2.75) is 24.9 Å². The molecule has 1 atom stereocenters. The monoisotopic (exact) mass is 419 g/mol. The predicted octanol–water partition coefficient (Wildman–Crippen LogP) is 3.32. The van der Waals surface area contributed by atoms with Crippen LogP contribution in [0.2, 0.25) is 0 Å². The molecular formula is C22H22FN7O. The summed E-state index contributed by atoms with van der Waals surface area (Å²) in [6.07, 6.45) is 8.31. The van der Waals surface area contributed by atoms with Crippen LogP contribution < -0.4 is 4.90 Å². The lowest BCUT2D eigenvalue weighted by Crippen LogP contribution is -2.56. The van der Waals surface area contributed by atoms with Crippen molar-refractivity contribution < 1.29 is 9.13 Å². The summed E-state index contributed by atoms with van der Waals surface area (Å²) in [4.78, 5) is 11.2. The van der Waals surface area contributed by atoms with E-state index in [-0.39, 0.29) is 11.4 Å². The number of nitrogens with one attached hydrogen (secondary N) is 1. The topological polar surface area (TPSA) is 84.8 Å². The van der Waals surface area contributed by atoms with Crippen molar-refractivity contribution in [3.63, 3.8) is 0 Å². The summed E-state index contributed by atoms with van der Waals surface area (Å²) in [6.45, 7) is 2.64. The highest BCUT2D eigenvalue weighted by atomic mass is 19.1. The largest absolute Gasteiger partial charge is 0.373 e. The highest BCUT2D eigenvalue weighted by Gasteiger charge is 2.42. The Kier molecular flexibility index (Phi) is 4.07. The number of fused-ring (bicyclic) bond motifs is 1. The van der Waals surface area contributed by atoms with Crippen molar-refractivity contribution in [1.29, 1.82) is 0 Å². The fourth-order valence-electron chi connectivity index (χ4n) is 4.67. The number of ether oxygens (including phenoxy) is 1. The summed E-state index contributed by atoms with van der Waals surface area (Å²) >= 11 is 0. The van der Waals surface area contributed by atoms with Crippen molar-refractivity contribution >= 4 is 16.7 Å². The van der Waals surface area contributed by atoms with Gasteiger partial charge >= 0.3 is 0 Å². The zero-order valence-electron chi connectivity index (χ0n) is 17.2. The molecule has 5 heterocycles. The summed E-state index contributed by atoms with van der Waals surface area (Å²) < 4.78 is 22.3. The van der Waals surface area contributed by atoms with Crippen molar-refractivity contribution in [3.8, 4) is 22.5 Å². The molecule has 1 spiro atoms. The zero-order chi connectivity index (χ0) is 21.0. The SMILES string of the molecule is Cn1cc(-c2cc3c(-c4cc(N5CCCC6(CCO6)C5)ncn4)n[nH]c3cc2F)cn1. The van der Waals surface area contributed by atoms with Gasteiger partial charge in [-0.2, -0.15) is 10.2 Å². The molecule has 9 heteroatoms. The molecule has 1 N–H and O–H groups in total. The predicted molar refractivity (Wildman–Crippen MR) is 114 cm³/mol. The van der Waals surface area contributed by atoms with E-state index in [0.29, 0.717) is 22.5 Å². The summed E-state index contributed by atoms with van der Waals surface area (Å²) in [5.41, 5.74) is 3.19. The van der Waals surface area contributed by atoms with Gasteiger partial charge in [0, 0.05) is 61.4 Å². The van der Waals surface area contributed by atoms with Gasteiger partial charge in [-0.1, -0.05) is 0 Å². The standard InChI is InChI=1S/C22H22FN7O/c1-29-11-14(10-26-29)15-7-16-18(8-17(15)23)27-28-21(16)19-9-20(25-13-24-19)30-5-2-3-22(12-30)4-6-31-22/h7-11,13H,2-6,12H2,1H3,(H,27,28). The lowest BCUT2D eigenvalue weighted by Gasteiger charge is -2.48. The van der Waals surface area contributed by atoms with Gasteiger partial charge in [0.1, 0.15) is 23.7 Å². The number of benzene rings is 1. The number of halogens is 1. The van der Waals surface area contributed by atoms with Gasteiger partial charge in [0.25, 0.3) is 0 Å². The first kappa shape index (κ1) is 18.4. The maximum Gasteiger partial charge on any atom is 0.133 e. The van der Waals surface area contributed by atoms with Crippen LogP contribution in [-0.2, 0) is 11.8 Å². The Morgan fingerprint density at radius 2 is 2.10 bits per heavy atom. The van der Waals surface area contributed by atoms with Crippen molar-refractivity contribution in [1.82, 2.24) is 29.9 Å². The Balaban J connectivity index is 1.39. The first-order valence-electron chi connectivity index (χ1n) is 10.5. The molecule has 1 unspecified atom stereocenters. The van der Waals surface area contributed by atoms with E-state index in [1.807, 2.05) is 13.1 Å². The number of anilines is 1. The maximum atomic E-state index is 14.7. The van der Waals surface area contributed by atoms with Crippen LogP contribution in [0.5, 0.6) is 0 Å². The first-order chi connectivity index (χ1) is 15.1. The van der Waals surface area contributed by atoms with E-state index in [0.717, 1.165) is 55.7 Å². The molecule has 2 aliphatic rings. The molecule has 0 radical (unpaired) electrons. The molecule has 2 saturated heterocycles. The number of nitrogens with zero attached hydrogens (tertiary/aromatic N) is 6. The molecule has 31 heavy (non-hydrogen) atoms. The molecular weight excluding hydrogens is 397 g/mol. The van der Waals surface area contributed by atoms with E-state index >= 15 is 0 Å². The van der Waals surface area contributed by atoms with Gasteiger partial charge in [0.05, 0.1) is 29.6 Å². The molecule has 8 nitrogen and oxygen atoms in total. The normalized spacial score (nSPS) is 21.0. The Bertz CT molecular complexity index is 1280. The van der Waals surface area contributed by atoms with Gasteiger partial charge in [-0.15, -0.1) is 0 Å². The molecule has 2 fully saturated rings. The molecule has 0 aliphatic carbocycles. The van der Waals surface area contributed by atoms with Gasteiger partial charge in [-0.3, -0.25) is 9.78 Å². The van der Waals surface area contributed by atoms with E-state index < -0.39 is 0 Å². The van der Waals surface area contributed by atoms with Crippen molar-refractivity contribution in [2.75, 3.05) is 24.6 Å². The van der Waals surface area contributed by atoms with Gasteiger partial charge in [0.15, 0.2) is 0 Å². The number of aromatic amines is 1. The van der Waals surface area contributed by atoms with Crippen LogP contribution in [0.25, 0.3) is 33.4 Å². The molecule has 1 aromatic carbocycles. The van der Waals surface area contributed by atoms with Crippen LogP contribution >= 0.6 is 0 Å². The molecule has 158 valence electrons. The van der Waals surface area contributed by atoms with Crippen LogP contribution in [-0.4, -0.2) is 55.2 Å². The molecule has 3 aromatic heterocycles. The van der Waals surface area contributed by atoms with Gasteiger partial charge < -0.3 is 9.64 Å². The van der Waals surface area contributed by atoms with E-state index in [4.69, 9.17) is 4.74 Å². The fourth-order valence-corrected chi connectivity index (χ4v) is 4.67. The third-order valence-electron chi connectivity index (χ3n) is 6.39. The minimum atomic E-state index is -0.321. The Hall–Kier alpha value is -3.33. The third kappa shape index (κ3) is 3.07. The number of aromatic nitrogens is 6. The number of H-pyrrole nitrogens is 1. The first-order valence-corrected chi connectivity index (χ1v) is 10.5. The summed E-state index contributed by atoms with van der Waals surface area (Å²) in [6, 6.07) is 5.24. The maximum absolute atomic E-state index is 14.7. The lowest BCUT2D eigenvalue weighted by molar-refractivity contribution is -0.151. The molecule has 0 bridgehead atoms. The average molecular weight is 419 g/mol. The molecule has 0 amide bonds. The van der Waals surface area contributed by atoms with E-state index in [2.05, 4.69) is 30.2 Å². The number of rotatable bonds is 3. The number of aryl methyl sites for hydroxylation is 1. The van der Waals surface area contributed by atoms with E-state index in [9.17, 15) is 4.39 Å². The highest BCUT2D eigenvalue weighted by Crippen LogP contribution is 2.37. The van der Waals surface area contributed by atoms with Gasteiger partial charge in [0.2, 0.25) is 0 Å². The minimum Gasteiger partial charge on any atom is -0.373 e. The van der Waals surface area contributed by atoms with Crippen LogP contribution in [0, 0.1) is 5.82 Å². The van der Waals surface area contributed by atoms with Crippen LogP contribution in [0.4, 0.5) is 10.2 Å². The Labute approximate surface area is 178 Å². The van der Waals surface area contributed by atoms with Crippen molar-refractivity contribution in [2.24, 2.45) is 7.05 Å². The average Bonchev–Trinajstić information content (AvgIpc) is 3.38. The second kappa shape index (κ2) is 6.84. The minimum absolute atomic E-state index is 0.0153. The summed E-state index contributed by atoms with van der Waals surface area (Å²) in [5, 5.41) is 12.3. The Morgan fingerprint density at radius 1 is 1.19 bits per heavy atom. The lowest BCUT2D eigenvalue weighted by atomic mass is 9.86. The quantitative estimate of drug-likeness (QED) is 0.548. The number of piperidine rings is 1. The highest BCUT2D eigenvalue weighted by molar-refractivity contribution is 5.95. The van der Waals surface area contributed by atoms with Gasteiger partial charge in [-0.05, 0) is 18.9 Å². The van der Waals surface area contributed by atoms with Crippen LogP contribution in [0.1, 0.15) is 19.3 Å². The molecule has 4 aromatic rings. The summed E-state index contributed by atoms with van der Waals surface area (Å²) in [5.74, 6) is 0.545. The van der Waals surface area contributed by atoms with Gasteiger partial charge in [-0.25, -0.2) is 14.4 Å². The number of hydrogen-bond donors (Lipinski definition) is 1. The Morgan fingerprint density at radius 3 is 2.87 bits per heavy atom. The van der Waals surface area contributed by atoms with E-state index in [1.165, 1.54) is 6.07 Å². The zero-order valence-corrected chi connectivity index (χ0v) is 17.2. The molecule has 6 rings (SSSR count). The molecule has 2 aliphatic heterocycles. The number of hydrogen-bond acceptors (Lipinski definition) is 6. The fraction of sp³-hybridized carbons (Fsp3) is 0.364. The van der Waals surface area contributed by atoms with Crippen LogP contribution in [0.3, 0.4) is 0 Å². The van der Waals surface area contributed by atoms with E-state index in [1.54, 1.807) is 29.5 Å². The third-order valence-corrected chi connectivity index (χ3v) is 6.39. The smallest absolute Gasteiger partial charge is 0.133 e. The second-order valence-corrected chi connectivity index (χ2v) is 8.42.